The molecule has 47 heavy (non-hydrogen) atoms. The Labute approximate surface area is 287 Å². The molecule has 0 radical (unpaired) electrons. The summed E-state index contributed by atoms with van der Waals surface area (Å²) in [7, 11) is -10.8. The zero-order valence-electron chi connectivity index (χ0n) is 31.6. The van der Waals surface area contributed by atoms with Gasteiger partial charge in [0.25, 0.3) is 0 Å². The van der Waals surface area contributed by atoms with Crippen molar-refractivity contribution < 1.29 is 37.3 Å². The van der Waals surface area contributed by atoms with Crippen molar-refractivity contribution in [2.75, 3.05) is 0 Å². The van der Waals surface area contributed by atoms with E-state index in [1.165, 1.54) is 39.8 Å². The van der Waals surface area contributed by atoms with Crippen LogP contribution in [-0.4, -0.2) is 59.3 Å². The summed E-state index contributed by atoms with van der Waals surface area (Å²) in [5, 5.41) is -3.41. The van der Waals surface area contributed by atoms with Crippen molar-refractivity contribution in [3.8, 4) is 0 Å². The molecule has 3 aromatic carbocycles. The molecule has 1 aliphatic heterocycles. The van der Waals surface area contributed by atoms with Gasteiger partial charge in [0, 0.05) is 2.74 Å². The van der Waals surface area contributed by atoms with Gasteiger partial charge in [-0.2, -0.15) is 0 Å². The van der Waals surface area contributed by atoms with Crippen LogP contribution in [0.25, 0.3) is 0 Å². The van der Waals surface area contributed by atoms with Crippen LogP contribution in [-0.2, 0) is 38.8 Å². The molecule has 0 bridgehead atoms. The minimum atomic E-state index is -3.68. The Morgan fingerprint density at radius 1 is 0.532 bits per heavy atom. The van der Waals surface area contributed by atoms with Crippen LogP contribution < -0.4 is 5.46 Å². The van der Waals surface area contributed by atoms with Crippen LogP contribution in [0.2, 0.25) is 0 Å². The second-order valence-electron chi connectivity index (χ2n) is 13.2. The number of benzene rings is 3. The van der Waals surface area contributed by atoms with Gasteiger partial charge < -0.3 is 9.31 Å². The summed E-state index contributed by atoms with van der Waals surface area (Å²) >= 11 is 0. The summed E-state index contributed by atoms with van der Waals surface area (Å²) in [6, 6.07) is 19.9. The summed E-state index contributed by atoms with van der Waals surface area (Å²) in [5.41, 5.74) is 1.96. The molecule has 0 aromatic heterocycles. The lowest BCUT2D eigenvalue weighted by Crippen LogP contribution is -2.41. The minimum absolute atomic E-state index is 0.132. The molecule has 0 saturated carbocycles. The van der Waals surface area contributed by atoms with E-state index in [0.717, 1.165) is 16.6 Å². The first-order chi connectivity index (χ1) is 22.0. The van der Waals surface area contributed by atoms with Crippen molar-refractivity contribution in [2.24, 2.45) is 0 Å². The first kappa shape index (κ1) is 37.3. The summed E-state index contributed by atoms with van der Waals surface area (Å²) in [5.74, 6) is 0. The highest BCUT2D eigenvalue weighted by Crippen LogP contribution is 2.36. The standard InChI is InChI=1S/C15H23BO4S.2C10H14O2S/c1-11(2)21(17,18)13-9-7-12(8-10-13)16-19-14(3,4)15(5,6)20-16;2*1-8(2)13(11,12)10-6-4-9(3)5-7-10/h7-11H,1-6H3;2*4-8H,1-3H3/i11D;8D;. The van der Waals surface area contributed by atoms with E-state index in [0.29, 0.717) is 4.90 Å². The fraction of sp³-hybridized carbons (Fsp3) is 0.486. The van der Waals surface area contributed by atoms with Crippen LogP contribution in [0.3, 0.4) is 0 Å². The highest BCUT2D eigenvalue weighted by atomic mass is 32.2. The van der Waals surface area contributed by atoms with Gasteiger partial charge in [-0.05, 0) is 125 Å². The van der Waals surface area contributed by atoms with Crippen LogP contribution >= 0.6 is 0 Å². The molecule has 0 aliphatic carbocycles. The quantitative estimate of drug-likeness (QED) is 0.255. The zero-order valence-corrected chi connectivity index (χ0v) is 32.0. The van der Waals surface area contributed by atoms with E-state index in [9.17, 15) is 25.3 Å². The molecule has 4 rings (SSSR count). The lowest BCUT2D eigenvalue weighted by atomic mass is 9.79. The fourth-order valence-corrected chi connectivity index (χ4v) is 6.96. The van der Waals surface area contributed by atoms with Crippen LogP contribution in [0.1, 0.15) is 83.1 Å². The van der Waals surface area contributed by atoms with E-state index in [2.05, 4.69) is 0 Å². The monoisotopic (exact) mass is 708 g/mol. The lowest BCUT2D eigenvalue weighted by molar-refractivity contribution is 0.00578. The van der Waals surface area contributed by atoms with Crippen LogP contribution in [0.4, 0.5) is 0 Å². The molecule has 1 saturated heterocycles. The second kappa shape index (κ2) is 15.4. The van der Waals surface area contributed by atoms with Crippen molar-refractivity contribution in [3.63, 3.8) is 0 Å². The molecule has 3 aromatic rings. The molecule has 12 heteroatoms. The van der Waals surface area contributed by atoms with E-state index < -0.39 is 58.3 Å². The Morgan fingerprint density at radius 3 is 1.09 bits per heavy atom. The maximum Gasteiger partial charge on any atom is 0.494 e. The maximum atomic E-state index is 12.2. The SMILES string of the molecule is Cc1ccc(S(=O)(=O)C(C)C)cc1.[2H]C(C)(C)S(=O)(=O)c1ccc(B2OC(C)(C)C(C)(C)O2)cc1.[2H]C(C)(C)S(=O)(=O)c1ccc(C)cc1. The minimum Gasteiger partial charge on any atom is -0.399 e. The van der Waals surface area contributed by atoms with Gasteiger partial charge in [0.15, 0.2) is 29.5 Å². The molecule has 0 N–H and O–H groups in total. The Bertz CT molecular complexity index is 1880. The van der Waals surface area contributed by atoms with E-state index in [1.54, 1.807) is 62.4 Å². The molecule has 1 aliphatic rings. The first-order valence-corrected chi connectivity index (χ1v) is 19.8. The van der Waals surface area contributed by atoms with Crippen LogP contribution in [0.15, 0.2) is 87.5 Å². The fourth-order valence-electron chi connectivity index (χ4n) is 3.97. The Hall–Kier alpha value is -2.51. The molecule has 0 spiro atoms. The van der Waals surface area contributed by atoms with Gasteiger partial charge in [-0.1, -0.05) is 47.5 Å². The Balaban J connectivity index is 0.000000269. The smallest absolute Gasteiger partial charge is 0.399 e. The zero-order chi connectivity index (χ0) is 38.0. The second-order valence-corrected chi connectivity index (χ2v) is 20.3. The van der Waals surface area contributed by atoms with Gasteiger partial charge in [0.2, 0.25) is 0 Å². The molecule has 260 valence electrons. The molecule has 0 amide bonds. The van der Waals surface area contributed by atoms with Crippen molar-refractivity contribution in [2.45, 2.75) is 125 Å². The van der Waals surface area contributed by atoms with Crippen LogP contribution in [0, 0.1) is 13.8 Å². The summed E-state index contributed by atoms with van der Waals surface area (Å²) < 4.78 is 98.5. The Morgan fingerprint density at radius 2 is 0.809 bits per heavy atom. The van der Waals surface area contributed by atoms with Gasteiger partial charge in [-0.15, -0.1) is 0 Å². The third-order valence-corrected chi connectivity index (χ3v) is 14.2. The average Bonchev–Trinajstić information content (AvgIpc) is 3.19. The largest absolute Gasteiger partial charge is 0.494 e. The summed E-state index contributed by atoms with van der Waals surface area (Å²) in [6.07, 6.45) is 0. The third kappa shape index (κ3) is 10.0. The highest BCUT2D eigenvalue weighted by molar-refractivity contribution is 7.92. The number of hydrogen-bond acceptors (Lipinski definition) is 8. The van der Waals surface area contributed by atoms with Crippen molar-refractivity contribution in [1.82, 2.24) is 0 Å². The van der Waals surface area contributed by atoms with Gasteiger partial charge in [0.1, 0.15) is 0 Å². The predicted octanol–water partition coefficient (Wildman–Crippen LogP) is 6.52. The summed E-state index contributed by atoms with van der Waals surface area (Å²) in [4.78, 5) is 0.754. The molecular formula is C35H51BO8S3. The molecule has 1 heterocycles. The molecule has 1 fully saturated rings. The average molecular weight is 709 g/mol. The third-order valence-electron chi connectivity index (χ3n) is 8.09. The van der Waals surface area contributed by atoms with Crippen molar-refractivity contribution in [3.05, 3.63) is 83.9 Å². The number of sulfone groups is 3. The number of aryl methyl sites for hydroxylation is 2. The molecule has 8 nitrogen and oxygen atoms in total. The number of rotatable bonds is 7. The molecular weight excluding hydrogens is 655 g/mol. The van der Waals surface area contributed by atoms with E-state index in [4.69, 9.17) is 12.1 Å². The van der Waals surface area contributed by atoms with Gasteiger partial charge in [-0.25, -0.2) is 25.3 Å². The summed E-state index contributed by atoms with van der Waals surface area (Å²) in [6.45, 7) is 20.6. The predicted molar refractivity (Wildman–Crippen MR) is 191 cm³/mol. The lowest BCUT2D eigenvalue weighted by Gasteiger charge is -2.32. The topological polar surface area (TPSA) is 121 Å². The van der Waals surface area contributed by atoms with E-state index in [1.807, 2.05) is 53.7 Å². The normalized spacial score (nSPS) is 17.1. The highest BCUT2D eigenvalue weighted by Gasteiger charge is 2.51. The molecule has 0 atom stereocenters. The van der Waals surface area contributed by atoms with Gasteiger partial charge in [0.05, 0.1) is 41.6 Å². The first-order valence-electron chi connectivity index (χ1n) is 16.3. The Kier molecular flexibility index (Phi) is 12.2. The maximum absolute atomic E-state index is 12.2. The van der Waals surface area contributed by atoms with E-state index >= 15 is 0 Å². The van der Waals surface area contributed by atoms with Crippen molar-refractivity contribution >= 4 is 42.1 Å². The van der Waals surface area contributed by atoms with Gasteiger partial charge >= 0.3 is 7.12 Å². The van der Waals surface area contributed by atoms with E-state index in [-0.39, 0.29) is 15.0 Å². The molecule has 0 unspecified atom stereocenters. The van der Waals surface area contributed by atoms with Crippen molar-refractivity contribution in [1.29, 1.82) is 0 Å². The van der Waals surface area contributed by atoms with Crippen LogP contribution in [0.5, 0.6) is 0 Å². The van der Waals surface area contributed by atoms with Gasteiger partial charge in [-0.3, -0.25) is 0 Å². The number of hydrogen-bond donors (Lipinski definition) is 0.